The van der Waals surface area contributed by atoms with Crippen molar-refractivity contribution in [2.75, 3.05) is 18.5 Å². The molecule has 13 heavy (non-hydrogen) atoms. The van der Waals surface area contributed by atoms with Crippen molar-refractivity contribution < 1.29 is 14.3 Å². The van der Waals surface area contributed by atoms with Crippen molar-refractivity contribution in [1.82, 2.24) is 0 Å². The Bertz CT molecular complexity index is 293. The monoisotopic (exact) mass is 183 g/mol. The van der Waals surface area contributed by atoms with Gasteiger partial charge in [0.1, 0.15) is 5.76 Å². The van der Waals surface area contributed by atoms with Crippen molar-refractivity contribution in [3.63, 3.8) is 0 Å². The maximum absolute atomic E-state index is 10.3. The molecule has 0 saturated carbocycles. The number of hydrogen-bond donors (Lipinski definition) is 1. The molecule has 0 bridgehead atoms. The molecule has 0 saturated heterocycles. The lowest BCUT2D eigenvalue weighted by Gasteiger charge is -2.13. The summed E-state index contributed by atoms with van der Waals surface area (Å²) in [5.41, 5.74) is 0. The van der Waals surface area contributed by atoms with Gasteiger partial charge in [0.25, 0.3) is 0 Å². The molecule has 0 radical (unpaired) electrons. The summed E-state index contributed by atoms with van der Waals surface area (Å²) in [6, 6.07) is 3.68. The smallest absolute Gasteiger partial charge is 0.305 e. The van der Waals surface area contributed by atoms with Gasteiger partial charge in [0, 0.05) is 19.7 Å². The number of anilines is 1. The molecule has 1 heterocycles. The molecule has 1 aromatic rings. The van der Waals surface area contributed by atoms with Crippen LogP contribution in [0.1, 0.15) is 12.2 Å². The normalized spacial score (nSPS) is 10.0. The number of hydrogen-bond acceptors (Lipinski definition) is 3. The zero-order valence-corrected chi connectivity index (χ0v) is 7.78. The van der Waals surface area contributed by atoms with E-state index in [1.807, 2.05) is 19.1 Å². The fourth-order valence-corrected chi connectivity index (χ4v) is 1.00. The maximum Gasteiger partial charge on any atom is 0.305 e. The van der Waals surface area contributed by atoms with E-state index in [4.69, 9.17) is 9.52 Å². The third kappa shape index (κ3) is 2.82. The summed E-state index contributed by atoms with van der Waals surface area (Å²) in [7, 11) is 1.81. The lowest BCUT2D eigenvalue weighted by Crippen LogP contribution is -2.20. The second kappa shape index (κ2) is 3.98. The molecule has 0 atom stereocenters. The average molecular weight is 183 g/mol. The first-order valence-electron chi connectivity index (χ1n) is 4.09. The molecular weight excluding hydrogens is 170 g/mol. The first-order valence-corrected chi connectivity index (χ1v) is 4.09. The van der Waals surface area contributed by atoms with E-state index in [0.717, 1.165) is 5.76 Å². The van der Waals surface area contributed by atoms with Crippen LogP contribution >= 0.6 is 0 Å². The maximum atomic E-state index is 10.3. The lowest BCUT2D eigenvalue weighted by molar-refractivity contribution is -0.136. The molecule has 1 aromatic heterocycles. The Morgan fingerprint density at radius 2 is 2.31 bits per heavy atom. The summed E-state index contributed by atoms with van der Waals surface area (Å²) in [6.45, 7) is 2.32. The van der Waals surface area contributed by atoms with E-state index in [9.17, 15) is 4.79 Å². The van der Waals surface area contributed by atoms with Crippen LogP contribution in [-0.4, -0.2) is 24.7 Å². The molecular formula is C9H13NO3. The van der Waals surface area contributed by atoms with Crippen LogP contribution in [0.5, 0.6) is 0 Å². The van der Waals surface area contributed by atoms with E-state index in [2.05, 4.69) is 0 Å². The van der Waals surface area contributed by atoms with E-state index in [-0.39, 0.29) is 6.42 Å². The predicted molar refractivity (Wildman–Crippen MR) is 49.0 cm³/mol. The van der Waals surface area contributed by atoms with Crippen molar-refractivity contribution in [1.29, 1.82) is 0 Å². The van der Waals surface area contributed by atoms with Gasteiger partial charge >= 0.3 is 5.97 Å². The fourth-order valence-electron chi connectivity index (χ4n) is 1.00. The molecule has 1 N–H and O–H groups in total. The van der Waals surface area contributed by atoms with Gasteiger partial charge in [-0.1, -0.05) is 0 Å². The summed E-state index contributed by atoms with van der Waals surface area (Å²) in [4.78, 5) is 12.1. The summed E-state index contributed by atoms with van der Waals surface area (Å²) in [5.74, 6) is 0.742. The van der Waals surface area contributed by atoms with Crippen LogP contribution in [0, 0.1) is 6.92 Å². The number of carboxylic acids is 1. The SMILES string of the molecule is Cc1ccc(N(C)CCC(=O)O)o1. The molecule has 0 spiro atoms. The minimum atomic E-state index is -0.796. The van der Waals surface area contributed by atoms with Gasteiger partial charge in [0.15, 0.2) is 5.88 Å². The summed E-state index contributed by atoms with van der Waals surface area (Å²) in [5, 5.41) is 8.46. The zero-order valence-electron chi connectivity index (χ0n) is 7.78. The number of furan rings is 1. The molecule has 0 aliphatic carbocycles. The fraction of sp³-hybridized carbons (Fsp3) is 0.444. The molecule has 72 valence electrons. The molecule has 4 heteroatoms. The van der Waals surface area contributed by atoms with E-state index >= 15 is 0 Å². The molecule has 0 amide bonds. The second-order valence-corrected chi connectivity index (χ2v) is 2.95. The highest BCUT2D eigenvalue weighted by Crippen LogP contribution is 2.16. The first kappa shape index (κ1) is 9.64. The topological polar surface area (TPSA) is 53.7 Å². The number of nitrogens with zero attached hydrogens (tertiary/aromatic N) is 1. The standard InChI is InChI=1S/C9H13NO3/c1-7-3-4-8(13-7)10(2)6-5-9(11)12/h3-4H,5-6H2,1-2H3,(H,11,12). The minimum Gasteiger partial charge on any atom is -0.481 e. The Morgan fingerprint density at radius 3 is 2.77 bits per heavy atom. The van der Waals surface area contributed by atoms with Gasteiger partial charge in [-0.3, -0.25) is 4.79 Å². The third-order valence-electron chi connectivity index (χ3n) is 1.76. The van der Waals surface area contributed by atoms with Gasteiger partial charge < -0.3 is 14.4 Å². The Hall–Kier alpha value is -1.45. The highest BCUT2D eigenvalue weighted by molar-refractivity contribution is 5.67. The zero-order chi connectivity index (χ0) is 9.84. The number of aryl methyl sites for hydroxylation is 1. The quantitative estimate of drug-likeness (QED) is 0.768. The summed E-state index contributed by atoms with van der Waals surface area (Å²) in [6.07, 6.45) is 0.121. The van der Waals surface area contributed by atoms with E-state index in [1.54, 1.807) is 11.9 Å². The van der Waals surface area contributed by atoms with Crippen molar-refractivity contribution in [3.8, 4) is 0 Å². The Kier molecular flexibility index (Phi) is 2.95. The molecule has 0 aliphatic heterocycles. The molecule has 0 fully saturated rings. The van der Waals surface area contributed by atoms with Crippen molar-refractivity contribution in [2.24, 2.45) is 0 Å². The Labute approximate surface area is 76.8 Å². The third-order valence-corrected chi connectivity index (χ3v) is 1.76. The Balaban J connectivity index is 2.48. The summed E-state index contributed by atoms with van der Waals surface area (Å²) >= 11 is 0. The Morgan fingerprint density at radius 1 is 1.62 bits per heavy atom. The van der Waals surface area contributed by atoms with Crippen LogP contribution in [0.4, 0.5) is 5.88 Å². The van der Waals surface area contributed by atoms with E-state index in [0.29, 0.717) is 12.4 Å². The molecule has 0 unspecified atom stereocenters. The first-order chi connectivity index (χ1) is 6.09. The van der Waals surface area contributed by atoms with Crippen LogP contribution in [0.2, 0.25) is 0 Å². The van der Waals surface area contributed by atoms with E-state index in [1.165, 1.54) is 0 Å². The molecule has 0 aromatic carbocycles. The highest BCUT2D eigenvalue weighted by Gasteiger charge is 2.06. The van der Waals surface area contributed by atoms with Gasteiger partial charge in [-0.25, -0.2) is 0 Å². The van der Waals surface area contributed by atoms with Gasteiger partial charge in [-0.2, -0.15) is 0 Å². The van der Waals surface area contributed by atoms with Crippen LogP contribution < -0.4 is 4.90 Å². The van der Waals surface area contributed by atoms with Crippen LogP contribution in [0.25, 0.3) is 0 Å². The van der Waals surface area contributed by atoms with Crippen molar-refractivity contribution in [2.45, 2.75) is 13.3 Å². The molecule has 4 nitrogen and oxygen atoms in total. The van der Waals surface area contributed by atoms with Gasteiger partial charge in [0.05, 0.1) is 6.42 Å². The number of carboxylic acid groups (broad SMARTS) is 1. The number of rotatable bonds is 4. The lowest BCUT2D eigenvalue weighted by atomic mass is 10.4. The summed E-state index contributed by atoms with van der Waals surface area (Å²) < 4.78 is 5.31. The van der Waals surface area contributed by atoms with Crippen LogP contribution in [0.15, 0.2) is 16.5 Å². The predicted octanol–water partition coefficient (Wildman–Crippen LogP) is 1.50. The highest BCUT2D eigenvalue weighted by atomic mass is 16.4. The van der Waals surface area contributed by atoms with Crippen molar-refractivity contribution in [3.05, 3.63) is 17.9 Å². The van der Waals surface area contributed by atoms with Crippen LogP contribution in [0.3, 0.4) is 0 Å². The van der Waals surface area contributed by atoms with Gasteiger partial charge in [-0.05, 0) is 13.0 Å². The van der Waals surface area contributed by atoms with Crippen LogP contribution in [-0.2, 0) is 4.79 Å². The molecule has 0 aliphatic rings. The second-order valence-electron chi connectivity index (χ2n) is 2.95. The molecule has 1 rings (SSSR count). The minimum absolute atomic E-state index is 0.121. The van der Waals surface area contributed by atoms with Crippen molar-refractivity contribution >= 4 is 11.9 Å². The van der Waals surface area contributed by atoms with E-state index < -0.39 is 5.97 Å². The average Bonchev–Trinajstić information content (AvgIpc) is 2.47. The van der Waals surface area contributed by atoms with Gasteiger partial charge in [0.2, 0.25) is 0 Å². The number of aliphatic carboxylic acids is 1. The number of carbonyl (C=O) groups is 1. The largest absolute Gasteiger partial charge is 0.481 e. The van der Waals surface area contributed by atoms with Gasteiger partial charge in [-0.15, -0.1) is 0 Å².